The molecule has 1 aliphatic rings. The number of rotatable bonds is 5. The Balaban J connectivity index is 2.11. The zero-order chi connectivity index (χ0) is 13.0. The Hall–Kier alpha value is -2.04. The van der Waals surface area contributed by atoms with Crippen LogP contribution in [0.5, 0.6) is 0 Å². The molecule has 0 fully saturated rings. The lowest BCUT2D eigenvalue weighted by Gasteiger charge is -2.04. The highest BCUT2D eigenvalue weighted by Gasteiger charge is 2.10. The summed E-state index contributed by atoms with van der Waals surface area (Å²) >= 11 is 0. The number of nitrogens with one attached hydrogen (secondary N) is 1. The van der Waals surface area contributed by atoms with E-state index >= 15 is 0 Å². The Morgan fingerprint density at radius 2 is 2.11 bits per heavy atom. The molecule has 0 spiro atoms. The van der Waals surface area contributed by atoms with Crippen molar-refractivity contribution in [3.05, 3.63) is 28.9 Å². The molecule has 2 rings (SSSR count). The van der Waals surface area contributed by atoms with Crippen molar-refractivity contribution >= 4 is 17.6 Å². The second kappa shape index (κ2) is 5.53. The van der Waals surface area contributed by atoms with Gasteiger partial charge in [-0.3, -0.25) is 4.79 Å². The molecular formula is C13H15N3O2. The molecule has 0 aromatic heterocycles. The van der Waals surface area contributed by atoms with Crippen molar-refractivity contribution in [1.82, 2.24) is 0 Å². The van der Waals surface area contributed by atoms with Gasteiger partial charge >= 0.3 is 6.03 Å². The van der Waals surface area contributed by atoms with Gasteiger partial charge < -0.3 is 5.32 Å². The van der Waals surface area contributed by atoms with Crippen LogP contribution in [0.25, 0.3) is 0 Å². The number of para-hydroxylation sites is 1. The quantitative estimate of drug-likeness (QED) is 0.800. The van der Waals surface area contributed by atoms with E-state index in [1.165, 1.54) is 0 Å². The minimum Gasteiger partial charge on any atom is -0.324 e. The number of fused-ring (bicyclic) bond motifs is 1. The summed E-state index contributed by atoms with van der Waals surface area (Å²) in [6, 6.07) is 4.67. The molecule has 0 aliphatic carbocycles. The van der Waals surface area contributed by atoms with E-state index in [0.717, 1.165) is 19.3 Å². The highest BCUT2D eigenvalue weighted by molar-refractivity contribution is 5.91. The third-order valence-electron chi connectivity index (χ3n) is 2.72. The van der Waals surface area contributed by atoms with Gasteiger partial charge in [-0.1, -0.05) is 25.8 Å². The third-order valence-corrected chi connectivity index (χ3v) is 2.72. The molecule has 0 bridgehead atoms. The monoisotopic (exact) mass is 245 g/mol. The molecule has 0 saturated carbocycles. The van der Waals surface area contributed by atoms with Crippen LogP contribution in [0.1, 0.15) is 32.6 Å². The van der Waals surface area contributed by atoms with Gasteiger partial charge in [0.2, 0.25) is 5.91 Å². The average molecular weight is 245 g/mol. The first kappa shape index (κ1) is 12.4. The summed E-state index contributed by atoms with van der Waals surface area (Å²) in [6.07, 6.45) is 3.48. The molecule has 0 atom stereocenters. The fourth-order valence-corrected chi connectivity index (χ4v) is 1.81. The van der Waals surface area contributed by atoms with Crippen LogP contribution < -0.4 is 16.0 Å². The lowest BCUT2D eigenvalue weighted by molar-refractivity contribution is -0.116. The van der Waals surface area contributed by atoms with Gasteiger partial charge in [-0.2, -0.15) is 9.98 Å². The van der Waals surface area contributed by atoms with Gasteiger partial charge in [-0.05, 0) is 18.6 Å². The maximum Gasteiger partial charge on any atom is 0.368 e. The summed E-state index contributed by atoms with van der Waals surface area (Å²) in [6.45, 7) is 2.09. The van der Waals surface area contributed by atoms with E-state index in [2.05, 4.69) is 22.2 Å². The number of nitrogens with zero attached hydrogens (tertiary/aromatic N) is 2. The van der Waals surface area contributed by atoms with Gasteiger partial charge in [0.05, 0.1) is 11.0 Å². The first-order valence-electron chi connectivity index (χ1n) is 6.11. The van der Waals surface area contributed by atoms with E-state index in [-0.39, 0.29) is 5.91 Å². The van der Waals surface area contributed by atoms with Gasteiger partial charge in [0.25, 0.3) is 0 Å². The minimum absolute atomic E-state index is 0.0496. The topological polar surface area (TPSA) is 70.9 Å². The van der Waals surface area contributed by atoms with Crippen LogP contribution in [-0.4, -0.2) is 11.9 Å². The maximum absolute atomic E-state index is 11.7. The number of urea groups is 1. The summed E-state index contributed by atoms with van der Waals surface area (Å²) in [4.78, 5) is 30.3. The van der Waals surface area contributed by atoms with Crippen molar-refractivity contribution in [3.8, 4) is 0 Å². The number of unbranched alkanes of at least 4 members (excludes halogenated alkanes) is 2. The van der Waals surface area contributed by atoms with Crippen molar-refractivity contribution < 1.29 is 9.59 Å². The van der Waals surface area contributed by atoms with E-state index in [9.17, 15) is 9.59 Å². The van der Waals surface area contributed by atoms with E-state index in [1.54, 1.807) is 18.2 Å². The summed E-state index contributed by atoms with van der Waals surface area (Å²) < 4.78 is 0. The Kier molecular flexibility index (Phi) is 3.82. The fourth-order valence-electron chi connectivity index (χ4n) is 1.81. The van der Waals surface area contributed by atoms with Crippen molar-refractivity contribution in [2.75, 3.05) is 5.32 Å². The standard InChI is InChI=1S/C13H15N3O2/c1-2-3-4-8-11(17)14-9-6-5-7-10-12(9)16-13(18)15-10/h5-7H,2-4,8H2,1H3,(H,14,17). The lowest BCUT2D eigenvalue weighted by atomic mass is 10.2. The number of amides is 3. The summed E-state index contributed by atoms with van der Waals surface area (Å²) in [7, 11) is 0. The Morgan fingerprint density at radius 1 is 1.28 bits per heavy atom. The molecule has 5 nitrogen and oxygen atoms in total. The molecule has 0 saturated heterocycles. The van der Waals surface area contributed by atoms with Crippen LogP contribution in [0.15, 0.2) is 28.2 Å². The normalized spacial score (nSPS) is 12.6. The summed E-state index contributed by atoms with van der Waals surface area (Å²) in [5.41, 5.74) is 0.559. The number of carbonyl (C=O) groups is 2. The molecule has 1 aromatic rings. The van der Waals surface area contributed by atoms with Crippen LogP contribution in [0, 0.1) is 0 Å². The Bertz CT molecular complexity index is 593. The maximum atomic E-state index is 11.7. The number of hydrogen-bond donors (Lipinski definition) is 1. The summed E-state index contributed by atoms with van der Waals surface area (Å²) in [5, 5.41) is 3.76. The van der Waals surface area contributed by atoms with Crippen LogP contribution in [0.3, 0.4) is 0 Å². The fraction of sp³-hybridized carbons (Fsp3) is 0.385. The van der Waals surface area contributed by atoms with Crippen LogP contribution >= 0.6 is 0 Å². The molecule has 5 heteroatoms. The SMILES string of the molecule is CCCCCC(=O)Nc1cccc2c1=NC(=O)N=2. The smallest absolute Gasteiger partial charge is 0.324 e. The Morgan fingerprint density at radius 3 is 2.89 bits per heavy atom. The van der Waals surface area contributed by atoms with Crippen molar-refractivity contribution in [2.45, 2.75) is 32.6 Å². The van der Waals surface area contributed by atoms with Crippen molar-refractivity contribution in [1.29, 1.82) is 0 Å². The van der Waals surface area contributed by atoms with Crippen LogP contribution in [0.4, 0.5) is 10.5 Å². The van der Waals surface area contributed by atoms with Crippen molar-refractivity contribution in [2.24, 2.45) is 9.98 Å². The van der Waals surface area contributed by atoms with E-state index in [1.807, 2.05) is 0 Å². The molecular weight excluding hydrogens is 230 g/mol. The first-order chi connectivity index (χ1) is 8.70. The molecule has 1 aliphatic heterocycles. The van der Waals surface area contributed by atoms with Crippen LogP contribution in [0.2, 0.25) is 0 Å². The number of benzene rings is 1. The van der Waals surface area contributed by atoms with Gasteiger partial charge in [0, 0.05) is 6.42 Å². The third kappa shape index (κ3) is 2.80. The lowest BCUT2D eigenvalue weighted by Crippen LogP contribution is -2.27. The van der Waals surface area contributed by atoms with Gasteiger partial charge in [0.1, 0.15) is 5.36 Å². The van der Waals surface area contributed by atoms with Gasteiger partial charge in [-0.15, -0.1) is 0 Å². The molecule has 1 aromatic carbocycles. The number of carbonyl (C=O) groups excluding carboxylic acids is 2. The largest absolute Gasteiger partial charge is 0.368 e. The molecule has 1 N–H and O–H groups in total. The van der Waals surface area contributed by atoms with Crippen molar-refractivity contribution in [3.63, 3.8) is 0 Å². The van der Waals surface area contributed by atoms with E-state index < -0.39 is 6.03 Å². The predicted molar refractivity (Wildman–Crippen MR) is 66.9 cm³/mol. The summed E-state index contributed by atoms with van der Waals surface area (Å²) in [5.74, 6) is -0.0496. The van der Waals surface area contributed by atoms with E-state index in [4.69, 9.17) is 0 Å². The molecule has 3 amide bonds. The number of anilines is 1. The van der Waals surface area contributed by atoms with Crippen LogP contribution in [-0.2, 0) is 4.79 Å². The van der Waals surface area contributed by atoms with Gasteiger partial charge in [-0.25, -0.2) is 4.79 Å². The zero-order valence-electron chi connectivity index (χ0n) is 10.3. The number of hydrogen-bond acceptors (Lipinski definition) is 2. The average Bonchev–Trinajstić information content (AvgIpc) is 2.71. The predicted octanol–water partition coefficient (Wildman–Crippen LogP) is 1.58. The highest BCUT2D eigenvalue weighted by Crippen LogP contribution is 2.03. The Labute approximate surface area is 105 Å². The molecule has 94 valence electrons. The van der Waals surface area contributed by atoms with Gasteiger partial charge in [0.15, 0.2) is 0 Å². The molecule has 0 radical (unpaired) electrons. The zero-order valence-corrected chi connectivity index (χ0v) is 10.3. The first-order valence-corrected chi connectivity index (χ1v) is 6.11. The molecule has 1 heterocycles. The molecule has 0 unspecified atom stereocenters. The highest BCUT2D eigenvalue weighted by atomic mass is 16.2. The van der Waals surface area contributed by atoms with E-state index in [0.29, 0.717) is 22.8 Å². The molecule has 18 heavy (non-hydrogen) atoms. The minimum atomic E-state index is -0.516. The second-order valence-electron chi connectivity index (χ2n) is 4.18. The second-order valence-corrected chi connectivity index (χ2v) is 4.18.